The van der Waals surface area contributed by atoms with Crippen molar-refractivity contribution in [2.24, 2.45) is 11.7 Å². The van der Waals surface area contributed by atoms with E-state index in [0.717, 1.165) is 44.1 Å². The van der Waals surface area contributed by atoms with Gasteiger partial charge in [-0.15, -0.1) is 12.4 Å². The predicted molar refractivity (Wildman–Crippen MR) is 93.8 cm³/mol. The van der Waals surface area contributed by atoms with Crippen LogP contribution >= 0.6 is 12.4 Å². The minimum absolute atomic E-state index is 0. The summed E-state index contributed by atoms with van der Waals surface area (Å²) >= 11 is 0. The molecule has 0 saturated heterocycles. The van der Waals surface area contributed by atoms with E-state index in [1.165, 1.54) is 24.0 Å². The van der Waals surface area contributed by atoms with Gasteiger partial charge in [0.05, 0.1) is 13.2 Å². The van der Waals surface area contributed by atoms with E-state index in [1.807, 2.05) is 0 Å². The van der Waals surface area contributed by atoms with E-state index in [4.69, 9.17) is 15.2 Å². The molecule has 1 aliphatic carbocycles. The van der Waals surface area contributed by atoms with E-state index >= 15 is 0 Å². The third-order valence-electron chi connectivity index (χ3n) is 3.91. The smallest absolute Gasteiger partial charge is 0.122 e. The monoisotopic (exact) mass is 327 g/mol. The minimum atomic E-state index is 0. The molecule has 3 nitrogen and oxygen atoms in total. The molecule has 1 fully saturated rings. The molecule has 2 N–H and O–H groups in total. The van der Waals surface area contributed by atoms with E-state index in [0.29, 0.717) is 6.61 Å². The molecular weight excluding hydrogens is 298 g/mol. The lowest BCUT2D eigenvalue weighted by Crippen LogP contribution is -2.22. The van der Waals surface area contributed by atoms with E-state index in [-0.39, 0.29) is 18.4 Å². The zero-order valence-corrected chi connectivity index (χ0v) is 14.7. The molecule has 126 valence electrons. The van der Waals surface area contributed by atoms with Crippen molar-refractivity contribution in [3.63, 3.8) is 0 Å². The van der Waals surface area contributed by atoms with Gasteiger partial charge in [0.1, 0.15) is 5.75 Å². The fourth-order valence-corrected chi connectivity index (χ4v) is 2.29. The third-order valence-corrected chi connectivity index (χ3v) is 3.91. The summed E-state index contributed by atoms with van der Waals surface area (Å²) in [7, 11) is 0. The lowest BCUT2D eigenvalue weighted by molar-refractivity contribution is 0.111. The molecule has 1 atom stereocenters. The van der Waals surface area contributed by atoms with Crippen LogP contribution in [0.15, 0.2) is 18.2 Å². The van der Waals surface area contributed by atoms with Crippen molar-refractivity contribution in [2.45, 2.75) is 58.6 Å². The van der Waals surface area contributed by atoms with Gasteiger partial charge in [-0.3, -0.25) is 0 Å². The number of nitrogens with two attached hydrogens (primary N) is 1. The molecule has 1 aromatic rings. The van der Waals surface area contributed by atoms with Gasteiger partial charge in [-0.05, 0) is 61.3 Å². The van der Waals surface area contributed by atoms with Crippen LogP contribution in [0.1, 0.15) is 50.7 Å². The fraction of sp³-hybridized carbons (Fsp3) is 0.667. The van der Waals surface area contributed by atoms with E-state index in [2.05, 4.69) is 32.0 Å². The Morgan fingerprint density at radius 3 is 2.68 bits per heavy atom. The lowest BCUT2D eigenvalue weighted by atomic mass is 10.0. The Balaban J connectivity index is 0.00000242. The van der Waals surface area contributed by atoms with Gasteiger partial charge < -0.3 is 15.2 Å². The van der Waals surface area contributed by atoms with E-state index in [1.54, 1.807) is 0 Å². The molecule has 1 saturated carbocycles. The van der Waals surface area contributed by atoms with Crippen LogP contribution in [-0.4, -0.2) is 19.3 Å². The van der Waals surface area contributed by atoms with Gasteiger partial charge in [0, 0.05) is 12.6 Å². The van der Waals surface area contributed by atoms with Gasteiger partial charge in [-0.1, -0.05) is 19.9 Å². The van der Waals surface area contributed by atoms with Crippen LogP contribution in [0.5, 0.6) is 5.75 Å². The van der Waals surface area contributed by atoms with Crippen LogP contribution in [0.3, 0.4) is 0 Å². The average molecular weight is 328 g/mol. The van der Waals surface area contributed by atoms with E-state index in [9.17, 15) is 0 Å². The van der Waals surface area contributed by atoms with Gasteiger partial charge in [-0.2, -0.15) is 0 Å². The van der Waals surface area contributed by atoms with Crippen LogP contribution in [0, 0.1) is 5.92 Å². The van der Waals surface area contributed by atoms with Gasteiger partial charge >= 0.3 is 0 Å². The van der Waals surface area contributed by atoms with E-state index < -0.39 is 0 Å². The summed E-state index contributed by atoms with van der Waals surface area (Å²) in [6.45, 7) is 6.60. The third kappa shape index (κ3) is 6.55. The lowest BCUT2D eigenvalue weighted by Gasteiger charge is -2.16. The second-order valence-corrected chi connectivity index (χ2v) is 6.12. The maximum atomic E-state index is 6.11. The van der Waals surface area contributed by atoms with Crippen LogP contribution in [0.2, 0.25) is 0 Å². The number of hydrogen-bond donors (Lipinski definition) is 1. The number of rotatable bonds is 10. The van der Waals surface area contributed by atoms with Crippen molar-refractivity contribution in [3.8, 4) is 5.75 Å². The second kappa shape index (κ2) is 10.1. The summed E-state index contributed by atoms with van der Waals surface area (Å²) in [6.07, 6.45) is 5.54. The fourth-order valence-electron chi connectivity index (χ4n) is 2.29. The first-order valence-electron chi connectivity index (χ1n) is 8.30. The molecule has 0 aromatic heterocycles. The van der Waals surface area contributed by atoms with Gasteiger partial charge in [-0.25, -0.2) is 0 Å². The SMILES string of the molecule is CCCOc1ccc(COCC2CC2)cc1CC(N)CC.Cl. The highest BCUT2D eigenvalue weighted by molar-refractivity contribution is 5.85. The van der Waals surface area contributed by atoms with Crippen molar-refractivity contribution in [1.29, 1.82) is 0 Å². The van der Waals surface area contributed by atoms with Crippen LogP contribution in [0.4, 0.5) is 0 Å². The predicted octanol–water partition coefficient (Wildman–Crippen LogP) is 4.10. The highest BCUT2D eigenvalue weighted by Crippen LogP contribution is 2.29. The van der Waals surface area contributed by atoms with Crippen molar-refractivity contribution in [3.05, 3.63) is 29.3 Å². The summed E-state index contributed by atoms with van der Waals surface area (Å²) in [5.41, 5.74) is 8.55. The Hall–Kier alpha value is -0.770. The Kier molecular flexibility index (Phi) is 8.84. The molecule has 1 aliphatic rings. The molecule has 1 unspecified atom stereocenters. The van der Waals surface area contributed by atoms with Crippen LogP contribution in [-0.2, 0) is 17.8 Å². The topological polar surface area (TPSA) is 44.5 Å². The number of halogens is 1. The zero-order chi connectivity index (χ0) is 15.1. The number of ether oxygens (including phenoxy) is 2. The summed E-state index contributed by atoms with van der Waals surface area (Å²) < 4.78 is 11.6. The summed E-state index contributed by atoms with van der Waals surface area (Å²) in [6, 6.07) is 6.58. The number of benzene rings is 1. The van der Waals surface area contributed by atoms with Crippen molar-refractivity contribution in [1.82, 2.24) is 0 Å². The minimum Gasteiger partial charge on any atom is -0.493 e. The van der Waals surface area contributed by atoms with Gasteiger partial charge in [0.25, 0.3) is 0 Å². The van der Waals surface area contributed by atoms with Crippen molar-refractivity contribution >= 4 is 12.4 Å². The highest BCUT2D eigenvalue weighted by atomic mass is 35.5. The molecule has 0 aliphatic heterocycles. The molecule has 0 radical (unpaired) electrons. The first kappa shape index (κ1) is 19.3. The Labute approximate surface area is 141 Å². The normalized spacial score (nSPS) is 15.2. The largest absolute Gasteiger partial charge is 0.493 e. The van der Waals surface area contributed by atoms with Crippen LogP contribution in [0.25, 0.3) is 0 Å². The molecule has 22 heavy (non-hydrogen) atoms. The van der Waals surface area contributed by atoms with Crippen molar-refractivity contribution in [2.75, 3.05) is 13.2 Å². The summed E-state index contributed by atoms with van der Waals surface area (Å²) in [4.78, 5) is 0. The molecule has 2 rings (SSSR count). The molecule has 0 spiro atoms. The Morgan fingerprint density at radius 2 is 2.05 bits per heavy atom. The maximum Gasteiger partial charge on any atom is 0.122 e. The Bertz CT molecular complexity index is 435. The molecule has 1 aromatic carbocycles. The first-order chi connectivity index (χ1) is 10.2. The standard InChI is InChI=1S/C18H29NO2.ClH/c1-3-9-21-18-8-7-15(13-20-12-14-5-6-14)10-16(18)11-17(19)4-2;/h7-8,10,14,17H,3-6,9,11-13,19H2,1-2H3;1H. The molecule has 0 bridgehead atoms. The maximum absolute atomic E-state index is 6.11. The summed E-state index contributed by atoms with van der Waals surface area (Å²) in [5, 5.41) is 0. The second-order valence-electron chi connectivity index (χ2n) is 6.12. The summed E-state index contributed by atoms with van der Waals surface area (Å²) in [5.74, 6) is 1.79. The van der Waals surface area contributed by atoms with Crippen LogP contribution < -0.4 is 10.5 Å². The number of hydrogen-bond acceptors (Lipinski definition) is 3. The first-order valence-corrected chi connectivity index (χ1v) is 8.30. The Morgan fingerprint density at radius 1 is 1.27 bits per heavy atom. The molecular formula is C18H30ClNO2. The average Bonchev–Trinajstić information content (AvgIpc) is 3.30. The quantitative estimate of drug-likeness (QED) is 0.703. The van der Waals surface area contributed by atoms with Gasteiger partial charge in [0.15, 0.2) is 0 Å². The van der Waals surface area contributed by atoms with Crippen molar-refractivity contribution < 1.29 is 9.47 Å². The molecule has 0 amide bonds. The molecule has 4 heteroatoms. The highest BCUT2D eigenvalue weighted by Gasteiger charge is 2.21. The zero-order valence-electron chi connectivity index (χ0n) is 13.8. The van der Waals surface area contributed by atoms with Gasteiger partial charge in [0.2, 0.25) is 0 Å². The molecule has 0 heterocycles.